The van der Waals surface area contributed by atoms with Crippen molar-refractivity contribution < 1.29 is 67.0 Å². The highest BCUT2D eigenvalue weighted by Gasteiger charge is 2.34. The highest BCUT2D eigenvalue weighted by molar-refractivity contribution is 6.07. The van der Waals surface area contributed by atoms with E-state index in [1.165, 1.54) is 0 Å². The summed E-state index contributed by atoms with van der Waals surface area (Å²) in [5.74, 6) is -1.16. The van der Waals surface area contributed by atoms with E-state index < -0.39 is 24.0 Å². The zero-order valence-electron chi connectivity index (χ0n) is 46.7. The summed E-state index contributed by atoms with van der Waals surface area (Å²) in [6.45, 7) is 8.90. The second-order valence-corrected chi connectivity index (χ2v) is 19.3. The number of aromatic nitrogens is 2. The second kappa shape index (κ2) is 37.3. The fourth-order valence-corrected chi connectivity index (χ4v) is 9.03. The number of nitrogens with zero attached hydrogens (tertiary/aromatic N) is 5. The van der Waals surface area contributed by atoms with Crippen molar-refractivity contribution in [2.75, 3.05) is 131 Å². The van der Waals surface area contributed by atoms with E-state index in [0.717, 1.165) is 51.7 Å². The number of methoxy groups -OCH3 is 1. The molecule has 0 unspecified atom stereocenters. The Kier molecular flexibility index (Phi) is 29.3. The van der Waals surface area contributed by atoms with Crippen LogP contribution >= 0.6 is 0 Å². The van der Waals surface area contributed by atoms with Crippen molar-refractivity contribution in [3.05, 3.63) is 102 Å². The molecule has 2 aliphatic heterocycles. The number of nitrogens with one attached hydrogen (secondary N) is 4. The Morgan fingerprint density at radius 2 is 1.28 bits per heavy atom. The van der Waals surface area contributed by atoms with Crippen molar-refractivity contribution in [2.24, 2.45) is 5.10 Å². The van der Waals surface area contributed by atoms with Gasteiger partial charge < -0.3 is 69.2 Å². The smallest absolute Gasteiger partial charge is 0.405 e. The van der Waals surface area contributed by atoms with Crippen LogP contribution in [0.3, 0.4) is 0 Å². The average molecular weight is 1130 g/mol. The van der Waals surface area contributed by atoms with Gasteiger partial charge in [-0.25, -0.2) is 14.6 Å². The molecule has 0 saturated carbocycles. The van der Waals surface area contributed by atoms with Crippen LogP contribution in [0.4, 0.5) is 15.3 Å². The third kappa shape index (κ3) is 23.4. The average Bonchev–Trinajstić information content (AvgIpc) is 4.10. The number of rotatable bonds is 41. The lowest BCUT2D eigenvalue weighted by Crippen LogP contribution is -2.46. The summed E-state index contributed by atoms with van der Waals surface area (Å²) in [6, 6.07) is 18.0. The first-order chi connectivity index (χ1) is 39.7. The number of fused-ring (bicyclic) bond motifs is 2. The Labute approximate surface area is 474 Å². The third-order valence-corrected chi connectivity index (χ3v) is 13.3. The summed E-state index contributed by atoms with van der Waals surface area (Å²) < 4.78 is 43.1. The van der Waals surface area contributed by atoms with Crippen molar-refractivity contribution in [3.63, 3.8) is 0 Å². The Balaban J connectivity index is 0.798. The molecule has 4 aromatic rings. The largest absolute Gasteiger partial charge is 0.465 e. The van der Waals surface area contributed by atoms with Crippen molar-refractivity contribution in [1.82, 2.24) is 35.8 Å². The Morgan fingerprint density at radius 1 is 0.667 bits per heavy atom. The number of carbonyl (C=O) groups is 5. The fraction of sp³-hybridized carbons (Fsp3) is 0.552. The van der Waals surface area contributed by atoms with Crippen LogP contribution in [0.2, 0.25) is 0 Å². The summed E-state index contributed by atoms with van der Waals surface area (Å²) in [4.78, 5) is 74.8. The molecule has 4 heterocycles. The number of ether oxygens (including phenoxy) is 8. The maximum absolute atomic E-state index is 14.2. The predicted octanol–water partition coefficient (Wildman–Crippen LogP) is 5.65. The minimum atomic E-state index is -1.29. The minimum absolute atomic E-state index is 0.0953. The quantitative estimate of drug-likeness (QED) is 0.0336. The van der Waals surface area contributed by atoms with Crippen molar-refractivity contribution in [3.8, 4) is 0 Å². The molecule has 0 spiro atoms. The lowest BCUT2D eigenvalue weighted by atomic mass is 9.86. The zero-order chi connectivity index (χ0) is 57.1. The Morgan fingerprint density at radius 3 is 1.94 bits per heavy atom. The maximum atomic E-state index is 14.2. The van der Waals surface area contributed by atoms with E-state index in [1.54, 1.807) is 35.6 Å². The molecular formula is C58H81N9O14. The van der Waals surface area contributed by atoms with Crippen LogP contribution in [0.5, 0.6) is 0 Å². The summed E-state index contributed by atoms with van der Waals surface area (Å²) in [6.07, 6.45) is 8.73. The molecular weight excluding hydrogens is 1050 g/mol. The fourth-order valence-electron chi connectivity index (χ4n) is 9.03. The third-order valence-electron chi connectivity index (χ3n) is 13.3. The van der Waals surface area contributed by atoms with Gasteiger partial charge in [0.15, 0.2) is 0 Å². The van der Waals surface area contributed by atoms with Crippen LogP contribution in [0.15, 0.2) is 84.4 Å². The first-order valence-electron chi connectivity index (χ1n) is 28.1. The molecule has 2 aromatic heterocycles. The standard InChI is InChI=1S/C58H81N9O14/c1-74-26-27-76-30-31-78-34-35-80-38-39-81-37-36-79-33-32-77-29-28-75-25-19-54(68)61-20-6-4-12-52(64-58(72)73)55(69)62-21-5-2-3-7-24-67-56(70)50(48-10-8-13-51-49(48)11-9-22-60-51)40-53(65-67)44-14-16-47(17-15-44)63-57(71)66-42-45-18-23-59-41-46(45)43-66/h8-11,13-18,22-23,41,50,52,64H,2-7,12,19-21,24-40,42-43H2,1H3,(H,61,68)(H,62,69)(H,63,71)(H,72,73)/t50-,52-/m0/s1. The molecule has 23 heteroatoms. The number of pyridine rings is 2. The molecule has 442 valence electrons. The molecule has 23 nitrogen and oxygen atoms in total. The number of carboxylic acid groups (broad SMARTS) is 1. The van der Waals surface area contributed by atoms with Crippen LogP contribution in [-0.2, 0) is 65.4 Å². The lowest BCUT2D eigenvalue weighted by molar-refractivity contribution is -0.133. The highest BCUT2D eigenvalue weighted by Crippen LogP contribution is 2.34. The van der Waals surface area contributed by atoms with Gasteiger partial charge in [-0.05, 0) is 84.7 Å². The molecule has 0 radical (unpaired) electrons. The number of unbranched alkanes of at least 4 members (excludes halogenated alkanes) is 4. The molecule has 0 bridgehead atoms. The first-order valence-corrected chi connectivity index (χ1v) is 28.1. The molecule has 81 heavy (non-hydrogen) atoms. The lowest BCUT2D eigenvalue weighted by Gasteiger charge is -2.30. The van der Waals surface area contributed by atoms with Crippen LogP contribution in [-0.4, -0.2) is 192 Å². The summed E-state index contributed by atoms with van der Waals surface area (Å²) >= 11 is 0. The van der Waals surface area contributed by atoms with E-state index in [9.17, 15) is 29.1 Å². The van der Waals surface area contributed by atoms with Gasteiger partial charge in [0.1, 0.15) is 6.04 Å². The van der Waals surface area contributed by atoms with Gasteiger partial charge in [-0.1, -0.05) is 43.2 Å². The molecule has 2 aromatic carbocycles. The summed E-state index contributed by atoms with van der Waals surface area (Å²) in [7, 11) is 1.63. The van der Waals surface area contributed by atoms with Gasteiger partial charge in [0.2, 0.25) is 11.8 Å². The van der Waals surface area contributed by atoms with Crippen molar-refractivity contribution >= 4 is 52.1 Å². The van der Waals surface area contributed by atoms with E-state index in [1.807, 2.05) is 60.7 Å². The summed E-state index contributed by atoms with van der Waals surface area (Å²) in [5.41, 5.74) is 6.05. The number of amides is 6. The monoisotopic (exact) mass is 1130 g/mol. The van der Waals surface area contributed by atoms with Gasteiger partial charge >= 0.3 is 12.1 Å². The number of anilines is 1. The van der Waals surface area contributed by atoms with Gasteiger partial charge in [0.25, 0.3) is 5.91 Å². The van der Waals surface area contributed by atoms with Crippen LogP contribution in [0, 0.1) is 0 Å². The van der Waals surface area contributed by atoms with Crippen LogP contribution < -0.4 is 21.3 Å². The topological polar surface area (TPSA) is 272 Å². The van der Waals surface area contributed by atoms with E-state index >= 15 is 0 Å². The summed E-state index contributed by atoms with van der Waals surface area (Å²) in [5, 5.41) is 27.8. The molecule has 6 amide bonds. The van der Waals surface area contributed by atoms with Gasteiger partial charge in [-0.3, -0.25) is 24.4 Å². The van der Waals surface area contributed by atoms with Gasteiger partial charge in [0.05, 0.1) is 116 Å². The number of hydrogen-bond donors (Lipinski definition) is 5. The molecule has 6 rings (SSSR count). The SMILES string of the molecule is COCCOCCOCCOCCOCCOCCOCCOCCC(=O)NCCCC[C@H](NC(=O)O)C(=O)NCCCCCCN1N=C(c2ccc(NC(=O)N3Cc4ccncc4C3)cc2)C[C@@H](c2cccc3ncccc23)C1=O. The zero-order valence-corrected chi connectivity index (χ0v) is 46.7. The Bertz CT molecular complexity index is 2530. The van der Waals surface area contributed by atoms with Gasteiger partial charge in [-0.15, -0.1) is 0 Å². The van der Waals surface area contributed by atoms with Crippen molar-refractivity contribution in [1.29, 1.82) is 0 Å². The number of urea groups is 1. The number of benzene rings is 2. The van der Waals surface area contributed by atoms with E-state index in [2.05, 4.69) is 31.2 Å². The first kappa shape index (κ1) is 63.5. The normalized spacial score (nSPS) is 14.4. The predicted molar refractivity (Wildman–Crippen MR) is 302 cm³/mol. The highest BCUT2D eigenvalue weighted by atomic mass is 16.6. The molecule has 2 atom stereocenters. The molecule has 0 aliphatic carbocycles. The van der Waals surface area contributed by atoms with Gasteiger partial charge in [0, 0.05) is 82.3 Å². The second-order valence-electron chi connectivity index (χ2n) is 19.3. The van der Waals surface area contributed by atoms with Crippen molar-refractivity contribution in [2.45, 2.75) is 82.8 Å². The van der Waals surface area contributed by atoms with Crippen LogP contribution in [0.1, 0.15) is 86.0 Å². The molecule has 5 N–H and O–H groups in total. The maximum Gasteiger partial charge on any atom is 0.405 e. The van der Waals surface area contributed by atoms with E-state index in [0.29, 0.717) is 163 Å². The molecule has 0 saturated heterocycles. The molecule has 0 fully saturated rings. The van der Waals surface area contributed by atoms with E-state index in [4.69, 9.17) is 43.0 Å². The minimum Gasteiger partial charge on any atom is -0.465 e. The van der Waals surface area contributed by atoms with Crippen LogP contribution in [0.25, 0.3) is 10.9 Å². The Hall–Kier alpha value is -6.70. The number of hydrogen-bond acceptors (Lipinski definition) is 16. The van der Waals surface area contributed by atoms with E-state index in [-0.39, 0.29) is 37.3 Å². The van der Waals surface area contributed by atoms with Gasteiger partial charge in [-0.2, -0.15) is 5.10 Å². The molecule has 2 aliphatic rings. The number of hydrazone groups is 1. The number of carbonyl (C=O) groups excluding carboxylic acids is 4.